The minimum Gasteiger partial charge on any atom is -0.507 e. The Balaban J connectivity index is 0.00000840. The van der Waals surface area contributed by atoms with Crippen LogP contribution in [-0.2, 0) is 26.5 Å². The molecule has 6 aromatic carbocycles. The first kappa shape index (κ1) is 33.0. The molecule has 0 aliphatic heterocycles. The normalized spacial score (nSPS) is 15.5. The molecule has 0 amide bonds. The summed E-state index contributed by atoms with van der Waals surface area (Å²) in [6, 6.07) is 28.1. The van der Waals surface area contributed by atoms with E-state index in [0.717, 1.165) is 5.56 Å². The van der Waals surface area contributed by atoms with E-state index in [2.05, 4.69) is 26.8 Å². The van der Waals surface area contributed by atoms with Gasteiger partial charge >= 0.3 is 0 Å². The van der Waals surface area contributed by atoms with Gasteiger partial charge in [-0.15, -0.1) is 29.3 Å². The zero-order chi connectivity index (χ0) is 55.4. The number of aryl methyl sites for hydroxylation is 1. The molecule has 0 atom stereocenters. The largest absolute Gasteiger partial charge is 0.507 e. The topological polar surface area (TPSA) is 50.9 Å². The van der Waals surface area contributed by atoms with Gasteiger partial charge in [-0.3, -0.25) is 9.55 Å². The number of nitrogens with zero attached hydrogens (tertiary/aromatic N) is 3. The second-order valence-electron chi connectivity index (χ2n) is 18.2. The fourth-order valence-corrected chi connectivity index (χ4v) is 8.21. The second-order valence-corrected chi connectivity index (χ2v) is 18.2. The summed E-state index contributed by atoms with van der Waals surface area (Å²) in [6.45, 7) is 17.2. The molecule has 0 aliphatic rings. The van der Waals surface area contributed by atoms with Crippen molar-refractivity contribution in [3.8, 4) is 67.5 Å². The van der Waals surface area contributed by atoms with E-state index in [-0.39, 0.29) is 72.7 Å². The van der Waals surface area contributed by atoms with Gasteiger partial charge in [-0.05, 0) is 116 Å². The Bertz CT molecular complexity index is 3530. The Labute approximate surface area is 413 Å². The number of hydrogen-bond acceptors (Lipinski definition) is 3. The van der Waals surface area contributed by atoms with Crippen LogP contribution in [0.1, 0.15) is 150 Å². The number of para-hydroxylation sites is 1. The number of phenolic OH excluding ortho intramolecular Hbond substituents is 1. The van der Waals surface area contributed by atoms with Gasteiger partial charge < -0.3 is 5.11 Å². The predicted octanol–water partition coefficient (Wildman–Crippen LogP) is 16.4. The average molecular weight is 1040 g/mol. The van der Waals surface area contributed by atoms with Crippen molar-refractivity contribution in [2.24, 2.45) is 0 Å². The summed E-state index contributed by atoms with van der Waals surface area (Å²) in [6.07, 6.45) is 1.53. The minimum absolute atomic E-state index is 0. The van der Waals surface area contributed by atoms with Crippen molar-refractivity contribution in [3.05, 3.63) is 167 Å². The number of benzene rings is 6. The number of hydrogen-bond donors (Lipinski definition) is 1. The summed E-state index contributed by atoms with van der Waals surface area (Å²) < 4.78 is 108. The average Bonchev–Trinajstić information content (AvgIpc) is 3.70. The van der Waals surface area contributed by atoms with Crippen LogP contribution < -0.4 is 0 Å². The zero-order valence-electron chi connectivity index (χ0n) is 50.3. The van der Waals surface area contributed by atoms with E-state index < -0.39 is 54.0 Å². The molecule has 0 bridgehead atoms. The standard InChI is InChI=1S/C59H62N3O.Pt/c1-35(2)43-32-50(38(7)8)57(63)51(33-43)58-61-56-49(44-29-45(31-46(30-44)59(10,11)12)52-34-41(26-27-60-52)40-18-14-13-15-19-40)22-17-23-54(56)62(58)53-25-24-42(28-39(53)9)55-47(36(3)4)20-16-21-48(55)37(5)6;/h13-28,30-38,63H,1-12H3;/q-1;/i9D3,13D,14D,15D,18D,19D,35D,36D,37D,38D;. The Hall–Kier alpha value is -5.57. The van der Waals surface area contributed by atoms with E-state index in [4.69, 9.17) is 26.4 Å². The van der Waals surface area contributed by atoms with E-state index in [1.807, 2.05) is 48.5 Å². The van der Waals surface area contributed by atoms with Gasteiger partial charge in [-0.25, -0.2) is 4.98 Å². The van der Waals surface area contributed by atoms with Gasteiger partial charge in [0.1, 0.15) is 11.6 Å². The third-order valence-electron chi connectivity index (χ3n) is 11.7. The maximum absolute atomic E-state index is 12.4. The summed E-state index contributed by atoms with van der Waals surface area (Å²) in [5.74, 6) is -4.91. The van der Waals surface area contributed by atoms with Crippen LogP contribution in [0.2, 0.25) is 0 Å². The number of aromatic nitrogens is 3. The van der Waals surface area contributed by atoms with Crippen molar-refractivity contribution in [3.63, 3.8) is 0 Å². The zero-order valence-corrected chi connectivity index (χ0v) is 40.6. The van der Waals surface area contributed by atoms with Crippen molar-refractivity contribution in [2.45, 2.75) is 112 Å². The molecule has 0 spiro atoms. The number of rotatable bonds is 10. The van der Waals surface area contributed by atoms with Crippen molar-refractivity contribution < 1.29 is 42.6 Å². The molecule has 2 heterocycles. The van der Waals surface area contributed by atoms with Crippen LogP contribution in [0.5, 0.6) is 5.75 Å². The maximum atomic E-state index is 12.4. The van der Waals surface area contributed by atoms with Gasteiger partial charge in [-0.1, -0.05) is 166 Å². The van der Waals surface area contributed by atoms with Crippen LogP contribution in [0.25, 0.3) is 72.7 Å². The second kappa shape index (κ2) is 18.5. The number of fused-ring (bicyclic) bond motifs is 1. The maximum Gasteiger partial charge on any atom is 0.148 e. The first-order chi connectivity index (χ1) is 34.5. The van der Waals surface area contributed by atoms with Crippen LogP contribution in [-0.4, -0.2) is 19.6 Å². The van der Waals surface area contributed by atoms with Gasteiger partial charge in [-0.2, -0.15) is 0 Å². The summed E-state index contributed by atoms with van der Waals surface area (Å²) in [5.41, 5.74) is 7.25. The molecule has 4 nitrogen and oxygen atoms in total. The van der Waals surface area contributed by atoms with E-state index in [1.165, 1.54) is 6.20 Å². The van der Waals surface area contributed by atoms with E-state index >= 15 is 0 Å². The van der Waals surface area contributed by atoms with Crippen molar-refractivity contribution in [1.82, 2.24) is 14.5 Å². The molecule has 330 valence electrons. The molecular formula is C59H62N3OPt-. The molecule has 5 heteroatoms. The monoisotopic (exact) mass is 1040 g/mol. The van der Waals surface area contributed by atoms with Gasteiger partial charge in [0.15, 0.2) is 0 Å². The summed E-state index contributed by atoms with van der Waals surface area (Å²) in [5, 5.41) is 12.4. The minimum atomic E-state index is -2.75. The molecule has 0 aliphatic carbocycles. The molecule has 0 radical (unpaired) electrons. The quantitative estimate of drug-likeness (QED) is 0.139. The van der Waals surface area contributed by atoms with Crippen molar-refractivity contribution in [2.75, 3.05) is 0 Å². The van der Waals surface area contributed by atoms with Crippen molar-refractivity contribution in [1.29, 1.82) is 0 Å². The Morgan fingerprint density at radius 3 is 2.00 bits per heavy atom. The molecule has 8 aromatic rings. The molecule has 0 saturated carbocycles. The Morgan fingerprint density at radius 2 is 1.36 bits per heavy atom. The predicted molar refractivity (Wildman–Crippen MR) is 266 cm³/mol. The molecular weight excluding hydrogens is 962 g/mol. The third kappa shape index (κ3) is 8.92. The third-order valence-corrected chi connectivity index (χ3v) is 11.7. The molecule has 1 N–H and O–H groups in total. The molecule has 0 fully saturated rings. The first-order valence-corrected chi connectivity index (χ1v) is 21.3. The SMILES string of the molecule is [2H]c1c([2H])c([2H])c(-c2ccnc(-c3[c-]c(-c4cccc5c4nc(-c4cc(C([2H])(C)C)cc(C([2H])(C)C)c4O)n5-c4ccc(-c5c(C([2H])(C)C)cccc5C([2H])(C)C)cc4C([2H])([2H])[2H])cc(C(C)(C)C)c3)c2)c([2H])c1[2H].[Pt]. The Morgan fingerprint density at radius 1 is 0.688 bits per heavy atom. The van der Waals surface area contributed by atoms with Crippen LogP contribution in [0, 0.1) is 12.9 Å². The summed E-state index contributed by atoms with van der Waals surface area (Å²) >= 11 is 0. The van der Waals surface area contributed by atoms with Gasteiger partial charge in [0.05, 0.1) is 29.1 Å². The molecule has 0 unspecified atom stereocenters. The van der Waals surface area contributed by atoms with Gasteiger partial charge in [0.25, 0.3) is 0 Å². The van der Waals surface area contributed by atoms with Crippen LogP contribution in [0.3, 0.4) is 0 Å². The van der Waals surface area contributed by atoms with E-state index in [1.54, 1.807) is 102 Å². The summed E-state index contributed by atoms with van der Waals surface area (Å²) in [4.78, 5) is 10.1. The van der Waals surface area contributed by atoms with Gasteiger partial charge in [0, 0.05) is 42.6 Å². The molecule has 8 rings (SSSR count). The first-order valence-electron chi connectivity index (χ1n) is 27.3. The fourth-order valence-electron chi connectivity index (χ4n) is 8.21. The molecule has 64 heavy (non-hydrogen) atoms. The van der Waals surface area contributed by atoms with Gasteiger partial charge in [0.2, 0.25) is 0 Å². The molecule has 2 aromatic heterocycles. The van der Waals surface area contributed by atoms with Crippen LogP contribution in [0.15, 0.2) is 127 Å². The van der Waals surface area contributed by atoms with E-state index in [0.29, 0.717) is 66.8 Å². The van der Waals surface area contributed by atoms with E-state index in [9.17, 15) is 5.11 Å². The molecule has 0 saturated heterocycles. The number of imidazole rings is 1. The number of aromatic hydroxyl groups is 1. The number of phenols is 1. The summed E-state index contributed by atoms with van der Waals surface area (Å²) in [7, 11) is 0. The fraction of sp³-hybridized carbons (Fsp3) is 0.288. The Kier molecular flexibility index (Phi) is 9.53. The van der Waals surface area contributed by atoms with Crippen molar-refractivity contribution >= 4 is 11.0 Å². The van der Waals surface area contributed by atoms with Crippen LogP contribution in [0.4, 0.5) is 0 Å². The number of pyridine rings is 1. The van der Waals surface area contributed by atoms with Crippen LogP contribution >= 0.6 is 0 Å². The smallest absolute Gasteiger partial charge is 0.148 e.